The van der Waals surface area contributed by atoms with Crippen molar-refractivity contribution in [3.05, 3.63) is 69.8 Å². The van der Waals surface area contributed by atoms with Gasteiger partial charge in [0.15, 0.2) is 9.84 Å². The minimum atomic E-state index is -3.13. The summed E-state index contributed by atoms with van der Waals surface area (Å²) in [6, 6.07) is 12.7. The minimum Gasteiger partial charge on any atom is -0.228 e. The Hall–Kier alpha value is -1.61. The van der Waals surface area contributed by atoms with Gasteiger partial charge in [0.1, 0.15) is 0 Å². The second kappa shape index (κ2) is 7.79. The van der Waals surface area contributed by atoms with Crippen molar-refractivity contribution in [2.24, 2.45) is 0 Å². The molecule has 3 rings (SSSR count). The number of sulfone groups is 1. The molecule has 0 atom stereocenters. The molecule has 0 saturated heterocycles. The maximum absolute atomic E-state index is 12.4. The maximum Gasteiger partial charge on any atom is 0.159 e. The van der Waals surface area contributed by atoms with Crippen LogP contribution >= 0.6 is 0 Å². The fourth-order valence-corrected chi connectivity index (χ4v) is 4.94. The summed E-state index contributed by atoms with van der Waals surface area (Å²) in [6.45, 7) is 7.52. The number of benzene rings is 2. The van der Waals surface area contributed by atoms with Crippen LogP contribution in [0, 0.1) is 6.92 Å². The molecule has 146 valence electrons. The third-order valence-electron chi connectivity index (χ3n) is 5.86. The SMILES string of the molecule is Cc1ccc(CCc2ccc(CS(=O)(=O)C(C)(C)C)cc2)c2c1CCCC2. The Morgan fingerprint density at radius 3 is 2.04 bits per heavy atom. The average Bonchev–Trinajstić information content (AvgIpc) is 2.61. The van der Waals surface area contributed by atoms with Gasteiger partial charge in [-0.3, -0.25) is 0 Å². The molecular weight excluding hydrogens is 352 g/mol. The van der Waals surface area contributed by atoms with E-state index in [-0.39, 0.29) is 5.75 Å². The van der Waals surface area contributed by atoms with Crippen LogP contribution in [0.25, 0.3) is 0 Å². The molecule has 2 nitrogen and oxygen atoms in total. The highest BCUT2D eigenvalue weighted by Crippen LogP contribution is 2.28. The Balaban J connectivity index is 1.68. The Labute approximate surface area is 164 Å². The van der Waals surface area contributed by atoms with Crippen molar-refractivity contribution in [3.63, 3.8) is 0 Å². The first kappa shape index (κ1) is 20.1. The number of fused-ring (bicyclic) bond motifs is 1. The van der Waals surface area contributed by atoms with Gasteiger partial charge in [0.25, 0.3) is 0 Å². The lowest BCUT2D eigenvalue weighted by atomic mass is 9.84. The van der Waals surface area contributed by atoms with Crippen LogP contribution in [0.1, 0.15) is 67.0 Å². The van der Waals surface area contributed by atoms with E-state index in [9.17, 15) is 8.42 Å². The molecule has 27 heavy (non-hydrogen) atoms. The standard InChI is InChI=1S/C24H32O2S/c1-18-9-15-21(23-8-6-5-7-22(18)23)16-14-19-10-12-20(13-11-19)17-27(25,26)24(2,3)4/h9-13,15H,5-8,14,16-17H2,1-4H3. The van der Waals surface area contributed by atoms with Gasteiger partial charge in [-0.25, -0.2) is 8.42 Å². The van der Waals surface area contributed by atoms with E-state index in [4.69, 9.17) is 0 Å². The van der Waals surface area contributed by atoms with Gasteiger partial charge in [0.05, 0.1) is 10.5 Å². The lowest BCUT2D eigenvalue weighted by Crippen LogP contribution is -2.29. The molecule has 0 spiro atoms. The second-order valence-electron chi connectivity index (χ2n) is 8.89. The molecule has 3 heteroatoms. The third-order valence-corrected chi connectivity index (χ3v) is 8.44. The van der Waals surface area contributed by atoms with E-state index in [0.29, 0.717) is 0 Å². The van der Waals surface area contributed by atoms with Crippen LogP contribution < -0.4 is 0 Å². The van der Waals surface area contributed by atoms with Gasteiger partial charge in [0.2, 0.25) is 0 Å². The Bertz CT molecular complexity index is 901. The van der Waals surface area contributed by atoms with E-state index in [2.05, 4.69) is 31.2 Å². The molecule has 0 N–H and O–H groups in total. The van der Waals surface area contributed by atoms with E-state index in [1.807, 2.05) is 12.1 Å². The molecule has 0 unspecified atom stereocenters. The predicted molar refractivity (Wildman–Crippen MR) is 114 cm³/mol. The Morgan fingerprint density at radius 2 is 1.41 bits per heavy atom. The molecule has 0 aliphatic heterocycles. The zero-order chi connectivity index (χ0) is 19.7. The largest absolute Gasteiger partial charge is 0.228 e. The van der Waals surface area contributed by atoms with Crippen molar-refractivity contribution in [2.75, 3.05) is 0 Å². The van der Waals surface area contributed by atoms with Gasteiger partial charge >= 0.3 is 0 Å². The molecule has 0 heterocycles. The monoisotopic (exact) mass is 384 g/mol. The normalized spacial score (nSPS) is 14.8. The molecule has 0 radical (unpaired) electrons. The molecule has 0 fully saturated rings. The number of hydrogen-bond donors (Lipinski definition) is 0. The highest BCUT2D eigenvalue weighted by Gasteiger charge is 2.28. The van der Waals surface area contributed by atoms with Crippen molar-refractivity contribution in [3.8, 4) is 0 Å². The molecule has 1 aliphatic rings. The fraction of sp³-hybridized carbons (Fsp3) is 0.500. The lowest BCUT2D eigenvalue weighted by Gasteiger charge is -2.21. The highest BCUT2D eigenvalue weighted by molar-refractivity contribution is 7.91. The van der Waals surface area contributed by atoms with Crippen molar-refractivity contribution in [1.82, 2.24) is 0 Å². The summed E-state index contributed by atoms with van der Waals surface area (Å²) in [7, 11) is -3.13. The van der Waals surface area contributed by atoms with Gasteiger partial charge in [-0.2, -0.15) is 0 Å². The summed E-state index contributed by atoms with van der Waals surface area (Å²) in [4.78, 5) is 0. The second-order valence-corrected chi connectivity index (χ2v) is 11.6. The maximum atomic E-state index is 12.4. The van der Waals surface area contributed by atoms with E-state index < -0.39 is 14.6 Å². The van der Waals surface area contributed by atoms with E-state index in [0.717, 1.165) is 18.4 Å². The first-order chi connectivity index (χ1) is 12.7. The molecule has 2 aromatic rings. The van der Waals surface area contributed by atoms with Crippen molar-refractivity contribution in [1.29, 1.82) is 0 Å². The van der Waals surface area contributed by atoms with Crippen LogP contribution in [0.2, 0.25) is 0 Å². The van der Waals surface area contributed by atoms with Gasteiger partial charge in [-0.05, 0) is 99.6 Å². The van der Waals surface area contributed by atoms with Crippen LogP contribution in [0.4, 0.5) is 0 Å². The quantitative estimate of drug-likeness (QED) is 0.694. The molecule has 1 aliphatic carbocycles. The molecule has 0 aromatic heterocycles. The molecule has 0 bridgehead atoms. The molecule has 0 amide bonds. The smallest absolute Gasteiger partial charge is 0.159 e. The van der Waals surface area contributed by atoms with E-state index in [1.54, 1.807) is 31.9 Å². The van der Waals surface area contributed by atoms with Crippen molar-refractivity contribution < 1.29 is 8.42 Å². The fourth-order valence-electron chi connectivity index (χ4n) is 3.87. The average molecular weight is 385 g/mol. The summed E-state index contributed by atoms with van der Waals surface area (Å²) in [6.07, 6.45) is 7.13. The van der Waals surface area contributed by atoms with Gasteiger partial charge in [-0.1, -0.05) is 36.4 Å². The summed E-state index contributed by atoms with van der Waals surface area (Å²) < 4.78 is 24.0. The minimum absolute atomic E-state index is 0.113. The van der Waals surface area contributed by atoms with Crippen LogP contribution in [0.3, 0.4) is 0 Å². The van der Waals surface area contributed by atoms with Crippen LogP contribution in [0.15, 0.2) is 36.4 Å². The Morgan fingerprint density at radius 1 is 0.815 bits per heavy atom. The van der Waals surface area contributed by atoms with Crippen molar-refractivity contribution >= 4 is 9.84 Å². The predicted octanol–water partition coefficient (Wildman–Crippen LogP) is 5.37. The number of rotatable bonds is 5. The van der Waals surface area contributed by atoms with Gasteiger partial charge in [-0.15, -0.1) is 0 Å². The zero-order valence-corrected chi connectivity index (χ0v) is 18.0. The first-order valence-corrected chi connectivity index (χ1v) is 11.7. The molecule has 2 aromatic carbocycles. The number of aryl methyl sites for hydroxylation is 3. The van der Waals surface area contributed by atoms with Crippen LogP contribution in [-0.4, -0.2) is 13.2 Å². The van der Waals surface area contributed by atoms with E-state index in [1.165, 1.54) is 42.4 Å². The summed E-state index contributed by atoms with van der Waals surface area (Å²) in [5.74, 6) is 0.113. The topological polar surface area (TPSA) is 34.1 Å². The Kier molecular flexibility index (Phi) is 5.81. The van der Waals surface area contributed by atoms with E-state index >= 15 is 0 Å². The van der Waals surface area contributed by atoms with Gasteiger partial charge in [0, 0.05) is 0 Å². The number of hydrogen-bond acceptors (Lipinski definition) is 2. The zero-order valence-electron chi connectivity index (χ0n) is 17.1. The lowest BCUT2D eigenvalue weighted by molar-refractivity contribution is 0.559. The van der Waals surface area contributed by atoms with Crippen molar-refractivity contribution in [2.45, 2.75) is 76.7 Å². The summed E-state index contributed by atoms with van der Waals surface area (Å²) in [5, 5.41) is 0. The molecular formula is C24H32O2S. The van der Waals surface area contributed by atoms with Gasteiger partial charge < -0.3 is 0 Å². The summed E-state index contributed by atoms with van der Waals surface area (Å²) >= 11 is 0. The highest BCUT2D eigenvalue weighted by atomic mass is 32.2. The van der Waals surface area contributed by atoms with Crippen LogP contribution in [-0.2, 0) is 41.3 Å². The third kappa shape index (κ3) is 4.63. The molecule has 0 saturated carbocycles. The first-order valence-electron chi connectivity index (χ1n) is 10.1. The summed E-state index contributed by atoms with van der Waals surface area (Å²) in [5.41, 5.74) is 8.27. The van der Waals surface area contributed by atoms with Crippen LogP contribution in [0.5, 0.6) is 0 Å².